The fraction of sp³-hybridized carbons (Fsp3) is 0.700. The molecule has 1 fully saturated rings. The van der Waals surface area contributed by atoms with E-state index in [0.717, 1.165) is 19.6 Å². The summed E-state index contributed by atoms with van der Waals surface area (Å²) in [6.45, 7) is 3.80. The predicted molar refractivity (Wildman–Crippen MR) is 56.1 cm³/mol. The van der Waals surface area contributed by atoms with E-state index >= 15 is 0 Å². The summed E-state index contributed by atoms with van der Waals surface area (Å²) in [5.41, 5.74) is 6.89. The van der Waals surface area contributed by atoms with E-state index in [9.17, 15) is 0 Å². The predicted octanol–water partition coefficient (Wildman–Crippen LogP) is 0.309. The molecule has 0 saturated carbocycles. The van der Waals surface area contributed by atoms with Crippen LogP contribution in [-0.2, 0) is 6.54 Å². The highest BCUT2D eigenvalue weighted by molar-refractivity contribution is 5.08. The number of rotatable bonds is 3. The zero-order valence-electron chi connectivity index (χ0n) is 8.45. The molecular formula is C10H18N4. The molecule has 0 aromatic carbocycles. The van der Waals surface area contributed by atoms with E-state index in [1.165, 1.54) is 18.5 Å². The summed E-state index contributed by atoms with van der Waals surface area (Å²) >= 11 is 0. The number of hydrogen-bond donors (Lipinski definition) is 2. The molecule has 1 saturated heterocycles. The van der Waals surface area contributed by atoms with Gasteiger partial charge in [0.15, 0.2) is 0 Å². The minimum absolute atomic E-state index is 0.623. The zero-order valence-corrected chi connectivity index (χ0v) is 8.45. The first-order valence-corrected chi connectivity index (χ1v) is 5.32. The number of aromatic nitrogens is 2. The number of imidazole rings is 1. The molecule has 1 aliphatic rings. The maximum Gasteiger partial charge on any atom is 0.0948 e. The maximum absolute atomic E-state index is 5.55. The second-order valence-electron chi connectivity index (χ2n) is 3.84. The largest absolute Gasteiger partial charge is 0.333 e. The van der Waals surface area contributed by atoms with Crippen LogP contribution in [0.25, 0.3) is 0 Å². The van der Waals surface area contributed by atoms with Gasteiger partial charge in [0, 0.05) is 37.4 Å². The number of nitrogens with two attached hydrogens (primary N) is 1. The van der Waals surface area contributed by atoms with Crippen LogP contribution in [0.3, 0.4) is 0 Å². The summed E-state index contributed by atoms with van der Waals surface area (Å²) in [6, 6.07) is 0. The molecule has 78 valence electrons. The molecule has 1 aromatic heterocycles. The van der Waals surface area contributed by atoms with Crippen molar-refractivity contribution in [3.8, 4) is 0 Å². The summed E-state index contributed by atoms with van der Waals surface area (Å²) in [4.78, 5) is 4.20. The first kappa shape index (κ1) is 9.68. The van der Waals surface area contributed by atoms with Crippen LogP contribution in [0, 0.1) is 0 Å². The third-order valence-corrected chi connectivity index (χ3v) is 2.83. The molecule has 0 radical (unpaired) electrons. The summed E-state index contributed by atoms with van der Waals surface area (Å²) in [6.07, 6.45) is 6.39. The number of nitrogens with one attached hydrogen (secondary N) is 1. The molecule has 0 aliphatic carbocycles. The Hall–Kier alpha value is -0.870. The van der Waals surface area contributed by atoms with Gasteiger partial charge in [0.05, 0.1) is 6.33 Å². The fourth-order valence-corrected chi connectivity index (χ4v) is 2.10. The molecular weight excluding hydrogens is 176 g/mol. The summed E-state index contributed by atoms with van der Waals surface area (Å²) in [5, 5.41) is 3.42. The van der Waals surface area contributed by atoms with Gasteiger partial charge in [0.25, 0.3) is 0 Å². The zero-order chi connectivity index (χ0) is 9.80. The molecule has 3 N–H and O–H groups in total. The van der Waals surface area contributed by atoms with Gasteiger partial charge >= 0.3 is 0 Å². The minimum atomic E-state index is 0.623. The van der Waals surface area contributed by atoms with Crippen molar-refractivity contribution in [2.45, 2.75) is 25.3 Å². The average Bonchev–Trinajstić information content (AvgIpc) is 2.68. The van der Waals surface area contributed by atoms with Crippen molar-refractivity contribution in [3.05, 3.63) is 18.2 Å². The molecule has 1 aromatic rings. The summed E-state index contributed by atoms with van der Waals surface area (Å²) in [7, 11) is 0. The van der Waals surface area contributed by atoms with Crippen LogP contribution in [-0.4, -0.2) is 29.2 Å². The Labute approximate surface area is 84.5 Å². The third-order valence-electron chi connectivity index (χ3n) is 2.83. The third kappa shape index (κ3) is 1.96. The Morgan fingerprint density at radius 2 is 2.57 bits per heavy atom. The topological polar surface area (TPSA) is 55.9 Å². The van der Waals surface area contributed by atoms with E-state index in [1.54, 1.807) is 0 Å². The first-order valence-electron chi connectivity index (χ1n) is 5.32. The van der Waals surface area contributed by atoms with Crippen molar-refractivity contribution in [3.63, 3.8) is 0 Å². The van der Waals surface area contributed by atoms with Crippen molar-refractivity contribution < 1.29 is 0 Å². The van der Waals surface area contributed by atoms with Gasteiger partial charge in [0.1, 0.15) is 0 Å². The van der Waals surface area contributed by atoms with Crippen LogP contribution in [0.4, 0.5) is 0 Å². The Balaban J connectivity index is 2.09. The molecule has 0 spiro atoms. The normalized spacial score (nSPS) is 22.5. The quantitative estimate of drug-likeness (QED) is 0.728. The molecule has 0 amide bonds. The van der Waals surface area contributed by atoms with E-state index < -0.39 is 0 Å². The van der Waals surface area contributed by atoms with Crippen molar-refractivity contribution in [1.82, 2.24) is 14.9 Å². The summed E-state index contributed by atoms with van der Waals surface area (Å²) in [5.74, 6) is 0.623. The Bertz CT molecular complexity index is 275. The van der Waals surface area contributed by atoms with Gasteiger partial charge in [-0.15, -0.1) is 0 Å². The number of hydrogen-bond acceptors (Lipinski definition) is 3. The van der Waals surface area contributed by atoms with Gasteiger partial charge in [0.2, 0.25) is 0 Å². The van der Waals surface area contributed by atoms with Crippen LogP contribution in [0.5, 0.6) is 0 Å². The van der Waals surface area contributed by atoms with Crippen LogP contribution < -0.4 is 11.1 Å². The van der Waals surface area contributed by atoms with Crippen LogP contribution >= 0.6 is 0 Å². The Morgan fingerprint density at radius 3 is 3.29 bits per heavy atom. The number of piperidine rings is 1. The van der Waals surface area contributed by atoms with Gasteiger partial charge < -0.3 is 15.6 Å². The van der Waals surface area contributed by atoms with E-state index in [4.69, 9.17) is 5.73 Å². The molecule has 0 bridgehead atoms. The standard InChI is InChI=1S/C10H18N4/c11-3-5-14-8-13-7-10(14)9-2-1-4-12-6-9/h7-9,12H,1-6,11H2. The molecule has 2 rings (SSSR count). The lowest BCUT2D eigenvalue weighted by atomic mass is 9.96. The maximum atomic E-state index is 5.55. The van der Waals surface area contributed by atoms with E-state index in [0.29, 0.717) is 12.5 Å². The smallest absolute Gasteiger partial charge is 0.0948 e. The Morgan fingerprint density at radius 1 is 1.64 bits per heavy atom. The lowest BCUT2D eigenvalue weighted by Gasteiger charge is -2.23. The molecule has 4 nitrogen and oxygen atoms in total. The average molecular weight is 194 g/mol. The lowest BCUT2D eigenvalue weighted by molar-refractivity contribution is 0.441. The summed E-state index contributed by atoms with van der Waals surface area (Å²) < 4.78 is 2.18. The van der Waals surface area contributed by atoms with Gasteiger partial charge in [-0.05, 0) is 19.4 Å². The van der Waals surface area contributed by atoms with Gasteiger partial charge in [-0.25, -0.2) is 4.98 Å². The SMILES string of the molecule is NCCn1cncc1C1CCCNC1. The fourth-order valence-electron chi connectivity index (χ4n) is 2.10. The highest BCUT2D eigenvalue weighted by Gasteiger charge is 2.18. The minimum Gasteiger partial charge on any atom is -0.333 e. The van der Waals surface area contributed by atoms with Crippen LogP contribution in [0.15, 0.2) is 12.5 Å². The van der Waals surface area contributed by atoms with Crippen molar-refractivity contribution in [2.75, 3.05) is 19.6 Å². The molecule has 4 heteroatoms. The Kier molecular flexibility index (Phi) is 3.16. The van der Waals surface area contributed by atoms with Crippen LogP contribution in [0.1, 0.15) is 24.5 Å². The first-order chi connectivity index (χ1) is 6.92. The molecule has 2 heterocycles. The van der Waals surface area contributed by atoms with Gasteiger partial charge in [-0.2, -0.15) is 0 Å². The molecule has 1 atom stereocenters. The highest BCUT2D eigenvalue weighted by Crippen LogP contribution is 2.22. The van der Waals surface area contributed by atoms with Gasteiger partial charge in [-0.1, -0.05) is 0 Å². The number of nitrogens with zero attached hydrogens (tertiary/aromatic N) is 2. The molecule has 14 heavy (non-hydrogen) atoms. The van der Waals surface area contributed by atoms with Crippen molar-refractivity contribution >= 4 is 0 Å². The van der Waals surface area contributed by atoms with Gasteiger partial charge in [-0.3, -0.25) is 0 Å². The lowest BCUT2D eigenvalue weighted by Crippen LogP contribution is -2.29. The van der Waals surface area contributed by atoms with E-state index in [-0.39, 0.29) is 0 Å². The molecule has 1 aliphatic heterocycles. The van der Waals surface area contributed by atoms with E-state index in [1.807, 2.05) is 12.5 Å². The second kappa shape index (κ2) is 4.57. The van der Waals surface area contributed by atoms with Crippen LogP contribution in [0.2, 0.25) is 0 Å². The monoisotopic (exact) mass is 194 g/mol. The van der Waals surface area contributed by atoms with Crippen molar-refractivity contribution in [1.29, 1.82) is 0 Å². The highest BCUT2D eigenvalue weighted by atomic mass is 15.1. The second-order valence-corrected chi connectivity index (χ2v) is 3.84. The van der Waals surface area contributed by atoms with E-state index in [2.05, 4.69) is 14.9 Å². The molecule has 1 unspecified atom stereocenters. The van der Waals surface area contributed by atoms with Crippen molar-refractivity contribution in [2.24, 2.45) is 5.73 Å².